The first-order valence-corrected chi connectivity index (χ1v) is 7.77. The standard InChI is InChI=1S/C19H12F2N4O/c20-12-5-7-14(15(21)9-12)19(26)24-13-6-8-18(22-10-13)25-11-23-16-3-1-2-4-17(16)25/h1-11H,(H,24,26). The first-order valence-electron chi connectivity index (χ1n) is 7.77. The van der Waals surface area contributed by atoms with Gasteiger partial charge in [0.15, 0.2) is 0 Å². The summed E-state index contributed by atoms with van der Waals surface area (Å²) in [6.07, 6.45) is 3.13. The highest BCUT2D eigenvalue weighted by Crippen LogP contribution is 2.18. The van der Waals surface area contributed by atoms with Gasteiger partial charge in [-0.1, -0.05) is 12.1 Å². The van der Waals surface area contributed by atoms with E-state index < -0.39 is 17.5 Å². The van der Waals surface area contributed by atoms with Gasteiger partial charge in [-0.05, 0) is 36.4 Å². The van der Waals surface area contributed by atoms with Crippen LogP contribution in [0.15, 0.2) is 67.1 Å². The molecular formula is C19H12F2N4O. The SMILES string of the molecule is O=C(Nc1ccc(-n2cnc3ccccc32)nc1)c1ccc(F)cc1F. The van der Waals surface area contributed by atoms with Gasteiger partial charge in [0.1, 0.15) is 23.8 Å². The number of hydrogen-bond acceptors (Lipinski definition) is 3. The molecule has 0 aliphatic carbocycles. The van der Waals surface area contributed by atoms with Crippen LogP contribution in [-0.4, -0.2) is 20.4 Å². The highest BCUT2D eigenvalue weighted by atomic mass is 19.1. The molecule has 0 aliphatic rings. The molecule has 5 nitrogen and oxygen atoms in total. The average molecular weight is 350 g/mol. The zero-order chi connectivity index (χ0) is 18.1. The highest BCUT2D eigenvalue weighted by molar-refractivity contribution is 6.04. The zero-order valence-corrected chi connectivity index (χ0v) is 13.4. The van der Waals surface area contributed by atoms with E-state index >= 15 is 0 Å². The first kappa shape index (κ1) is 15.9. The Balaban J connectivity index is 1.57. The van der Waals surface area contributed by atoms with E-state index in [1.807, 2.05) is 28.8 Å². The number of para-hydroxylation sites is 2. The predicted octanol–water partition coefficient (Wildman–Crippen LogP) is 3.95. The lowest BCUT2D eigenvalue weighted by Crippen LogP contribution is -2.14. The molecule has 0 aliphatic heterocycles. The van der Waals surface area contributed by atoms with Gasteiger partial charge in [-0.15, -0.1) is 0 Å². The minimum atomic E-state index is -0.919. The molecule has 1 amide bonds. The zero-order valence-electron chi connectivity index (χ0n) is 13.4. The predicted molar refractivity (Wildman–Crippen MR) is 93.2 cm³/mol. The topological polar surface area (TPSA) is 59.8 Å². The second-order valence-corrected chi connectivity index (χ2v) is 5.59. The summed E-state index contributed by atoms with van der Waals surface area (Å²) in [6.45, 7) is 0. The van der Waals surface area contributed by atoms with Gasteiger partial charge >= 0.3 is 0 Å². The van der Waals surface area contributed by atoms with Gasteiger partial charge < -0.3 is 5.32 Å². The van der Waals surface area contributed by atoms with Crippen LogP contribution >= 0.6 is 0 Å². The normalized spacial score (nSPS) is 10.8. The minimum absolute atomic E-state index is 0.240. The lowest BCUT2D eigenvalue weighted by atomic mass is 10.2. The van der Waals surface area contributed by atoms with Crippen molar-refractivity contribution in [3.63, 3.8) is 0 Å². The number of carbonyl (C=O) groups is 1. The number of hydrogen-bond donors (Lipinski definition) is 1. The molecule has 26 heavy (non-hydrogen) atoms. The molecule has 2 aromatic carbocycles. The molecular weight excluding hydrogens is 338 g/mol. The van der Waals surface area contributed by atoms with E-state index in [9.17, 15) is 13.6 Å². The highest BCUT2D eigenvalue weighted by Gasteiger charge is 2.13. The van der Waals surface area contributed by atoms with Crippen LogP contribution in [0.2, 0.25) is 0 Å². The molecule has 0 saturated carbocycles. The molecule has 0 bridgehead atoms. The molecule has 2 aromatic heterocycles. The summed E-state index contributed by atoms with van der Waals surface area (Å²) >= 11 is 0. The summed E-state index contributed by atoms with van der Waals surface area (Å²) in [7, 11) is 0. The number of nitrogens with zero attached hydrogens (tertiary/aromatic N) is 3. The van der Waals surface area contributed by atoms with Crippen LogP contribution in [0.5, 0.6) is 0 Å². The lowest BCUT2D eigenvalue weighted by Gasteiger charge is -2.08. The van der Waals surface area contributed by atoms with Crippen molar-refractivity contribution < 1.29 is 13.6 Å². The third kappa shape index (κ3) is 2.90. The number of nitrogens with one attached hydrogen (secondary N) is 1. The maximum atomic E-state index is 13.7. The average Bonchev–Trinajstić information content (AvgIpc) is 3.06. The number of anilines is 1. The van der Waals surface area contributed by atoms with E-state index in [1.165, 1.54) is 6.20 Å². The van der Waals surface area contributed by atoms with Crippen molar-refractivity contribution in [1.82, 2.24) is 14.5 Å². The summed E-state index contributed by atoms with van der Waals surface area (Å²) < 4.78 is 28.4. The van der Waals surface area contributed by atoms with Crippen LogP contribution in [-0.2, 0) is 0 Å². The summed E-state index contributed by atoms with van der Waals surface area (Å²) in [4.78, 5) is 20.7. The van der Waals surface area contributed by atoms with E-state index in [0.717, 1.165) is 23.2 Å². The number of amides is 1. The molecule has 4 rings (SSSR count). The van der Waals surface area contributed by atoms with Gasteiger partial charge in [0, 0.05) is 6.07 Å². The van der Waals surface area contributed by atoms with E-state index in [4.69, 9.17) is 0 Å². The Labute approximate surface area is 146 Å². The number of rotatable bonds is 3. The molecule has 4 aromatic rings. The Morgan fingerprint density at radius 2 is 1.85 bits per heavy atom. The Kier molecular flexibility index (Phi) is 3.89. The minimum Gasteiger partial charge on any atom is -0.320 e. The molecule has 0 saturated heterocycles. The van der Waals surface area contributed by atoms with Crippen LogP contribution in [0.3, 0.4) is 0 Å². The largest absolute Gasteiger partial charge is 0.320 e. The second-order valence-electron chi connectivity index (χ2n) is 5.59. The number of benzene rings is 2. The van der Waals surface area contributed by atoms with Crippen molar-refractivity contribution in [3.8, 4) is 5.82 Å². The monoisotopic (exact) mass is 350 g/mol. The molecule has 128 valence electrons. The van der Waals surface area contributed by atoms with E-state index in [1.54, 1.807) is 18.5 Å². The van der Waals surface area contributed by atoms with Crippen LogP contribution in [0.4, 0.5) is 14.5 Å². The van der Waals surface area contributed by atoms with E-state index in [0.29, 0.717) is 17.6 Å². The fourth-order valence-electron chi connectivity index (χ4n) is 2.62. The molecule has 0 fully saturated rings. The molecule has 7 heteroatoms. The second kappa shape index (κ2) is 6.36. The number of fused-ring (bicyclic) bond motifs is 1. The molecule has 0 spiro atoms. The van der Waals surface area contributed by atoms with Gasteiger partial charge in [0.05, 0.1) is 28.5 Å². The van der Waals surface area contributed by atoms with Crippen molar-refractivity contribution in [2.75, 3.05) is 5.32 Å². The van der Waals surface area contributed by atoms with Crippen LogP contribution in [0.25, 0.3) is 16.9 Å². The van der Waals surface area contributed by atoms with E-state index in [2.05, 4.69) is 15.3 Å². The summed E-state index contributed by atoms with van der Waals surface area (Å²) in [5.41, 5.74) is 1.91. The smallest absolute Gasteiger partial charge is 0.258 e. The Bertz CT molecular complexity index is 1110. The Hall–Kier alpha value is -3.61. The van der Waals surface area contributed by atoms with Crippen molar-refractivity contribution >= 4 is 22.6 Å². The fourth-order valence-corrected chi connectivity index (χ4v) is 2.62. The number of halogens is 2. The maximum absolute atomic E-state index is 13.7. The van der Waals surface area contributed by atoms with Crippen LogP contribution in [0, 0.1) is 11.6 Å². The third-order valence-corrected chi connectivity index (χ3v) is 3.88. The van der Waals surface area contributed by atoms with Crippen molar-refractivity contribution in [2.24, 2.45) is 0 Å². The number of aromatic nitrogens is 3. The Morgan fingerprint density at radius 3 is 2.62 bits per heavy atom. The third-order valence-electron chi connectivity index (χ3n) is 3.88. The summed E-state index contributed by atoms with van der Waals surface area (Å²) in [6, 6.07) is 13.8. The van der Waals surface area contributed by atoms with Gasteiger partial charge in [-0.3, -0.25) is 9.36 Å². The maximum Gasteiger partial charge on any atom is 0.258 e. The van der Waals surface area contributed by atoms with Crippen LogP contribution in [0.1, 0.15) is 10.4 Å². The molecule has 1 N–H and O–H groups in total. The number of imidazole rings is 1. The summed E-state index contributed by atoms with van der Waals surface area (Å²) in [5.74, 6) is -1.70. The van der Waals surface area contributed by atoms with Crippen molar-refractivity contribution in [1.29, 1.82) is 0 Å². The number of carbonyl (C=O) groups excluding carboxylic acids is 1. The quantitative estimate of drug-likeness (QED) is 0.609. The number of pyridine rings is 1. The van der Waals surface area contributed by atoms with Gasteiger partial charge in [-0.25, -0.2) is 18.7 Å². The molecule has 0 unspecified atom stereocenters. The first-order chi connectivity index (χ1) is 12.6. The fraction of sp³-hybridized carbons (Fsp3) is 0. The molecule has 0 radical (unpaired) electrons. The van der Waals surface area contributed by atoms with Gasteiger partial charge in [0.2, 0.25) is 0 Å². The van der Waals surface area contributed by atoms with Crippen molar-refractivity contribution in [2.45, 2.75) is 0 Å². The molecule has 2 heterocycles. The Morgan fingerprint density at radius 1 is 1.00 bits per heavy atom. The van der Waals surface area contributed by atoms with Gasteiger partial charge in [-0.2, -0.15) is 0 Å². The van der Waals surface area contributed by atoms with Crippen LogP contribution < -0.4 is 5.32 Å². The van der Waals surface area contributed by atoms with E-state index in [-0.39, 0.29) is 5.56 Å². The molecule has 0 atom stereocenters. The lowest BCUT2D eigenvalue weighted by molar-refractivity contribution is 0.102. The van der Waals surface area contributed by atoms with Crippen molar-refractivity contribution in [3.05, 3.63) is 84.3 Å². The van der Waals surface area contributed by atoms with Gasteiger partial charge in [0.25, 0.3) is 5.91 Å². The summed E-state index contributed by atoms with van der Waals surface area (Å²) in [5, 5.41) is 2.54.